The SMILES string of the molecule is C=C[C@@H](O[P@](=O)(N[C@@H](C)C(=O)OCc1ccccc1)Oc1cccc2ccccc12)[C@H]1O[C@@H](n2cc(F)c(=O)[nH]c2=O)CC1O. The molecule has 0 aliphatic carbocycles. The van der Waals surface area contributed by atoms with Crippen molar-refractivity contribution in [2.75, 3.05) is 0 Å². The minimum absolute atomic E-state index is 0.0233. The molecule has 4 aromatic rings. The summed E-state index contributed by atoms with van der Waals surface area (Å²) in [5.41, 5.74) is -1.41. The maximum absolute atomic E-state index is 14.4. The lowest BCUT2D eigenvalue weighted by Crippen LogP contribution is -2.40. The molecule has 1 unspecified atom stereocenters. The number of esters is 1. The van der Waals surface area contributed by atoms with E-state index >= 15 is 0 Å². The first-order valence-corrected chi connectivity index (χ1v) is 15.5. The van der Waals surface area contributed by atoms with E-state index in [2.05, 4.69) is 11.7 Å². The van der Waals surface area contributed by atoms with Gasteiger partial charge in [-0.3, -0.25) is 23.7 Å². The zero-order chi connectivity index (χ0) is 32.1. The van der Waals surface area contributed by atoms with Gasteiger partial charge in [0.25, 0.3) is 5.56 Å². The van der Waals surface area contributed by atoms with E-state index in [1.807, 2.05) is 29.2 Å². The lowest BCUT2D eigenvalue weighted by molar-refractivity contribution is -0.146. The highest BCUT2D eigenvalue weighted by Gasteiger charge is 2.44. The molecule has 1 saturated heterocycles. The predicted octanol–water partition coefficient (Wildman–Crippen LogP) is 3.96. The van der Waals surface area contributed by atoms with Gasteiger partial charge < -0.3 is 19.1 Å². The summed E-state index contributed by atoms with van der Waals surface area (Å²) in [6.45, 7) is 5.11. The van der Waals surface area contributed by atoms with Crippen LogP contribution in [0.2, 0.25) is 0 Å². The van der Waals surface area contributed by atoms with Crippen molar-refractivity contribution in [2.45, 2.75) is 50.5 Å². The fourth-order valence-electron chi connectivity index (χ4n) is 4.84. The molecule has 236 valence electrons. The molecule has 1 aromatic heterocycles. The first kappa shape index (κ1) is 32.0. The van der Waals surface area contributed by atoms with Gasteiger partial charge in [0.2, 0.25) is 5.82 Å². The average molecular weight is 640 g/mol. The van der Waals surface area contributed by atoms with Gasteiger partial charge in [0.1, 0.15) is 36.8 Å². The number of aliphatic hydroxyl groups is 1. The van der Waals surface area contributed by atoms with E-state index < -0.39 is 61.4 Å². The molecule has 45 heavy (non-hydrogen) atoms. The Morgan fingerprint density at radius 1 is 1.18 bits per heavy atom. The van der Waals surface area contributed by atoms with Gasteiger partial charge in [-0.1, -0.05) is 72.8 Å². The normalized spacial score (nSPS) is 20.6. The third kappa shape index (κ3) is 7.47. The number of hydrogen-bond donors (Lipinski definition) is 3. The largest absolute Gasteiger partial charge is 0.460 e. The fourth-order valence-corrected chi connectivity index (χ4v) is 6.52. The van der Waals surface area contributed by atoms with Crippen LogP contribution in [0.4, 0.5) is 4.39 Å². The Labute approximate surface area is 256 Å². The molecule has 3 N–H and O–H groups in total. The van der Waals surface area contributed by atoms with Crippen molar-refractivity contribution in [3.05, 3.63) is 124 Å². The van der Waals surface area contributed by atoms with Crippen LogP contribution in [0.25, 0.3) is 10.8 Å². The second-order valence-electron chi connectivity index (χ2n) is 10.3. The predicted molar refractivity (Wildman–Crippen MR) is 162 cm³/mol. The summed E-state index contributed by atoms with van der Waals surface area (Å²) in [5.74, 6) is -1.79. The Kier molecular flexibility index (Phi) is 9.76. The smallest absolute Gasteiger partial charge is 0.460 e. The number of benzene rings is 3. The van der Waals surface area contributed by atoms with Gasteiger partial charge in [0.05, 0.1) is 12.3 Å². The number of aromatic nitrogens is 2. The molecule has 0 amide bonds. The molecular formula is C31H31FN3O9P. The molecule has 3 aromatic carbocycles. The van der Waals surface area contributed by atoms with Crippen LogP contribution in [0.1, 0.15) is 25.1 Å². The molecule has 14 heteroatoms. The van der Waals surface area contributed by atoms with E-state index in [0.717, 1.165) is 15.5 Å². The lowest BCUT2D eigenvalue weighted by atomic mass is 10.1. The number of nitrogens with zero attached hydrogens (tertiary/aromatic N) is 1. The van der Waals surface area contributed by atoms with Crippen LogP contribution in [0.5, 0.6) is 5.75 Å². The highest BCUT2D eigenvalue weighted by molar-refractivity contribution is 7.52. The molecule has 0 bridgehead atoms. The molecule has 2 heterocycles. The Balaban J connectivity index is 1.40. The van der Waals surface area contributed by atoms with E-state index in [1.54, 1.807) is 48.5 Å². The van der Waals surface area contributed by atoms with Gasteiger partial charge in [0.15, 0.2) is 0 Å². The summed E-state index contributed by atoms with van der Waals surface area (Å²) in [6, 6.07) is 20.1. The van der Waals surface area contributed by atoms with E-state index in [1.165, 1.54) is 13.0 Å². The number of carbonyl (C=O) groups is 1. The number of fused-ring (bicyclic) bond motifs is 1. The minimum atomic E-state index is -4.51. The zero-order valence-corrected chi connectivity index (χ0v) is 25.0. The molecule has 0 radical (unpaired) electrons. The fraction of sp³-hybridized carbons (Fsp3) is 0.258. The summed E-state index contributed by atoms with van der Waals surface area (Å²) in [7, 11) is -4.51. The second-order valence-corrected chi connectivity index (χ2v) is 12.0. The summed E-state index contributed by atoms with van der Waals surface area (Å²) in [5, 5.41) is 14.9. The average Bonchev–Trinajstić information content (AvgIpc) is 3.42. The highest BCUT2D eigenvalue weighted by atomic mass is 31.2. The van der Waals surface area contributed by atoms with E-state index in [9.17, 15) is 28.4 Å². The van der Waals surface area contributed by atoms with Gasteiger partial charge in [-0.15, -0.1) is 6.58 Å². The molecule has 1 aliphatic rings. The topological polar surface area (TPSA) is 158 Å². The van der Waals surface area contributed by atoms with Crippen LogP contribution in [-0.4, -0.2) is 45.0 Å². The standard InChI is InChI=1S/C31H31FN3O9P/c1-3-25(28-24(36)16-27(42-28)35-17-23(32)29(37)33-31(35)39)43-45(40,44-26-15-9-13-21-12-7-8-14-22(21)26)34-19(2)30(38)41-18-20-10-5-4-6-11-20/h3-15,17,19,24-25,27-28,36H,1,16,18H2,2H3,(H,34,40)(H,33,37,39)/t19-,24?,25+,27+,28-,45+/m0/s1. The number of carbonyl (C=O) groups excluding carboxylic acids is 1. The van der Waals surface area contributed by atoms with Crippen molar-refractivity contribution in [1.29, 1.82) is 0 Å². The number of halogens is 1. The molecule has 5 rings (SSSR count). The maximum Gasteiger partial charge on any atom is 0.460 e. The third-order valence-electron chi connectivity index (χ3n) is 7.09. The summed E-state index contributed by atoms with van der Waals surface area (Å²) < 4.78 is 52.3. The number of H-pyrrole nitrogens is 1. The van der Waals surface area contributed by atoms with E-state index in [0.29, 0.717) is 11.6 Å². The first-order chi connectivity index (χ1) is 21.6. The van der Waals surface area contributed by atoms with Crippen molar-refractivity contribution in [2.24, 2.45) is 0 Å². The number of ether oxygens (including phenoxy) is 2. The quantitative estimate of drug-likeness (QED) is 0.118. The lowest BCUT2D eigenvalue weighted by Gasteiger charge is -2.29. The van der Waals surface area contributed by atoms with Gasteiger partial charge in [-0.05, 0) is 23.9 Å². The number of aliphatic hydroxyl groups excluding tert-OH is 1. The Hall–Kier alpha value is -4.39. The zero-order valence-electron chi connectivity index (χ0n) is 24.1. The number of aromatic amines is 1. The van der Waals surface area contributed by atoms with Crippen LogP contribution in [0, 0.1) is 5.82 Å². The van der Waals surface area contributed by atoms with Gasteiger partial charge in [-0.2, -0.15) is 9.48 Å². The highest BCUT2D eigenvalue weighted by Crippen LogP contribution is 2.49. The minimum Gasteiger partial charge on any atom is -0.460 e. The van der Waals surface area contributed by atoms with Crippen LogP contribution in [0.15, 0.2) is 101 Å². The molecule has 1 aliphatic heterocycles. The summed E-state index contributed by atoms with van der Waals surface area (Å²) >= 11 is 0. The van der Waals surface area contributed by atoms with E-state index in [4.69, 9.17) is 18.5 Å². The van der Waals surface area contributed by atoms with Crippen LogP contribution in [-0.2, 0) is 30.0 Å². The van der Waals surface area contributed by atoms with Gasteiger partial charge in [0, 0.05) is 11.8 Å². The summed E-state index contributed by atoms with van der Waals surface area (Å²) in [6.07, 6.45) is -3.41. The van der Waals surface area contributed by atoms with Gasteiger partial charge in [-0.25, -0.2) is 9.36 Å². The number of nitrogens with one attached hydrogen (secondary N) is 2. The molecule has 12 nitrogen and oxygen atoms in total. The molecule has 0 spiro atoms. The second kappa shape index (κ2) is 13.7. The van der Waals surface area contributed by atoms with Crippen LogP contribution >= 0.6 is 7.75 Å². The van der Waals surface area contributed by atoms with Gasteiger partial charge >= 0.3 is 19.4 Å². The molecule has 0 saturated carbocycles. The maximum atomic E-state index is 14.4. The van der Waals surface area contributed by atoms with Crippen LogP contribution in [0.3, 0.4) is 0 Å². The monoisotopic (exact) mass is 639 g/mol. The molecule has 1 fully saturated rings. The Bertz CT molecular complexity index is 1840. The van der Waals surface area contributed by atoms with Crippen molar-refractivity contribution in [3.8, 4) is 5.75 Å². The van der Waals surface area contributed by atoms with Crippen molar-refractivity contribution >= 4 is 24.5 Å². The van der Waals surface area contributed by atoms with Crippen LogP contribution < -0.4 is 20.9 Å². The van der Waals surface area contributed by atoms with E-state index in [-0.39, 0.29) is 18.8 Å². The summed E-state index contributed by atoms with van der Waals surface area (Å²) in [4.78, 5) is 38.5. The van der Waals surface area contributed by atoms with Crippen molar-refractivity contribution in [3.63, 3.8) is 0 Å². The number of rotatable bonds is 12. The Morgan fingerprint density at radius 3 is 2.64 bits per heavy atom. The first-order valence-electron chi connectivity index (χ1n) is 14.0. The molecular weight excluding hydrogens is 608 g/mol. The number of hydrogen-bond acceptors (Lipinski definition) is 9. The molecule has 6 atom stereocenters. The third-order valence-corrected chi connectivity index (χ3v) is 8.75. The van der Waals surface area contributed by atoms with Crippen molar-refractivity contribution in [1.82, 2.24) is 14.6 Å². The van der Waals surface area contributed by atoms with Crippen molar-refractivity contribution < 1.29 is 37.4 Å². The Morgan fingerprint density at radius 2 is 1.89 bits per heavy atom.